The summed E-state index contributed by atoms with van der Waals surface area (Å²) in [6.45, 7) is 3.46. The SMILES string of the molecule is CCC1=C(C(c2cc(N)c(O)cc2CC)C(F)(F)F)C=C(N)C(O)C1. The minimum Gasteiger partial charge on any atom is -0.506 e. The van der Waals surface area contributed by atoms with E-state index in [0.29, 0.717) is 24.0 Å². The van der Waals surface area contributed by atoms with Crippen LogP contribution in [0.15, 0.2) is 35.1 Å². The van der Waals surface area contributed by atoms with Crippen LogP contribution in [-0.4, -0.2) is 22.5 Å². The number of aromatic hydroxyl groups is 1. The Kier molecular flexibility index (Phi) is 5.37. The summed E-state index contributed by atoms with van der Waals surface area (Å²) in [7, 11) is 0. The van der Waals surface area contributed by atoms with E-state index in [-0.39, 0.29) is 34.7 Å². The smallest absolute Gasteiger partial charge is 0.399 e. The third-order valence-electron chi connectivity index (χ3n) is 4.60. The lowest BCUT2D eigenvalue weighted by molar-refractivity contribution is -0.141. The molecular weight excluding hydrogens is 333 g/mol. The van der Waals surface area contributed by atoms with Crippen LogP contribution in [0.25, 0.3) is 0 Å². The Hall–Kier alpha value is -2.15. The molecule has 1 aliphatic rings. The maximum Gasteiger partial charge on any atom is 0.399 e. The standard InChI is InChI=1S/C18H23F3N2O2/c1-3-9-5-15(24)13(22)7-11(9)17(18(19,20)21)12-8-14(23)16(25)6-10(12)4-2/h5,7-8,16-17,24-25H,3-4,6,22-23H2,1-2H3. The largest absolute Gasteiger partial charge is 0.506 e. The number of hydrogen-bond acceptors (Lipinski definition) is 4. The number of nitrogen functional groups attached to an aromatic ring is 1. The van der Waals surface area contributed by atoms with Gasteiger partial charge in [0.25, 0.3) is 0 Å². The van der Waals surface area contributed by atoms with Crippen molar-refractivity contribution in [1.29, 1.82) is 0 Å². The van der Waals surface area contributed by atoms with Crippen LogP contribution in [0, 0.1) is 0 Å². The van der Waals surface area contributed by atoms with Gasteiger partial charge in [0.15, 0.2) is 0 Å². The Bertz CT molecular complexity index is 724. The number of aliphatic hydroxyl groups excluding tert-OH is 1. The topological polar surface area (TPSA) is 92.5 Å². The number of anilines is 1. The third kappa shape index (κ3) is 3.76. The van der Waals surface area contributed by atoms with Crippen molar-refractivity contribution in [2.24, 2.45) is 5.73 Å². The summed E-state index contributed by atoms with van der Waals surface area (Å²) in [6.07, 6.45) is -3.54. The number of alkyl halides is 3. The van der Waals surface area contributed by atoms with Crippen LogP contribution in [0.5, 0.6) is 5.75 Å². The summed E-state index contributed by atoms with van der Waals surface area (Å²) in [5.74, 6) is -2.15. The van der Waals surface area contributed by atoms with Crippen LogP contribution in [0.2, 0.25) is 0 Å². The molecule has 0 amide bonds. The molecule has 1 aromatic rings. The first kappa shape index (κ1) is 19.2. The second-order valence-corrected chi connectivity index (χ2v) is 6.21. The second kappa shape index (κ2) is 7.00. The highest BCUT2D eigenvalue weighted by Gasteiger charge is 2.45. The zero-order chi connectivity index (χ0) is 18.9. The zero-order valence-electron chi connectivity index (χ0n) is 14.2. The molecule has 4 nitrogen and oxygen atoms in total. The van der Waals surface area contributed by atoms with E-state index in [1.165, 1.54) is 18.2 Å². The predicted molar refractivity (Wildman–Crippen MR) is 90.9 cm³/mol. The Morgan fingerprint density at radius 1 is 1.20 bits per heavy atom. The van der Waals surface area contributed by atoms with Crippen LogP contribution < -0.4 is 11.5 Å². The molecular formula is C18H23F3N2O2. The van der Waals surface area contributed by atoms with E-state index >= 15 is 0 Å². The first-order valence-electron chi connectivity index (χ1n) is 8.15. The number of aliphatic hydroxyl groups is 1. The Morgan fingerprint density at radius 3 is 2.36 bits per heavy atom. The molecule has 2 rings (SSSR count). The van der Waals surface area contributed by atoms with Crippen molar-refractivity contribution in [3.8, 4) is 5.75 Å². The van der Waals surface area contributed by atoms with Gasteiger partial charge in [-0.25, -0.2) is 0 Å². The molecule has 2 atom stereocenters. The van der Waals surface area contributed by atoms with Gasteiger partial charge in [-0.1, -0.05) is 19.4 Å². The summed E-state index contributed by atoms with van der Waals surface area (Å²) < 4.78 is 42.0. The highest BCUT2D eigenvalue weighted by atomic mass is 19.4. The number of halogens is 3. The van der Waals surface area contributed by atoms with Gasteiger partial charge < -0.3 is 21.7 Å². The third-order valence-corrected chi connectivity index (χ3v) is 4.60. The van der Waals surface area contributed by atoms with Crippen molar-refractivity contribution in [1.82, 2.24) is 0 Å². The van der Waals surface area contributed by atoms with Gasteiger partial charge in [0, 0.05) is 12.1 Å². The highest BCUT2D eigenvalue weighted by molar-refractivity contribution is 5.59. The Morgan fingerprint density at radius 2 is 1.84 bits per heavy atom. The number of allylic oxidation sites excluding steroid dienone is 2. The molecule has 0 aliphatic heterocycles. The molecule has 1 aliphatic carbocycles. The van der Waals surface area contributed by atoms with E-state index in [0.717, 1.165) is 0 Å². The van der Waals surface area contributed by atoms with Gasteiger partial charge in [-0.2, -0.15) is 13.2 Å². The van der Waals surface area contributed by atoms with Gasteiger partial charge in [0.05, 0.1) is 11.8 Å². The van der Waals surface area contributed by atoms with Crippen LogP contribution in [0.3, 0.4) is 0 Å². The lowest BCUT2D eigenvalue weighted by atomic mass is 9.79. The monoisotopic (exact) mass is 356 g/mol. The van der Waals surface area contributed by atoms with E-state index in [1.807, 2.05) is 0 Å². The maximum absolute atomic E-state index is 14.0. The van der Waals surface area contributed by atoms with Crippen molar-refractivity contribution >= 4 is 5.69 Å². The van der Waals surface area contributed by atoms with Crippen molar-refractivity contribution in [3.63, 3.8) is 0 Å². The van der Waals surface area contributed by atoms with Gasteiger partial charge in [0.2, 0.25) is 0 Å². The molecule has 2 unspecified atom stereocenters. The summed E-state index contributed by atoms with van der Waals surface area (Å²) in [4.78, 5) is 0. The lowest BCUT2D eigenvalue weighted by Gasteiger charge is -2.30. The van der Waals surface area contributed by atoms with Gasteiger partial charge in [0.1, 0.15) is 11.7 Å². The quantitative estimate of drug-likeness (QED) is 0.491. The van der Waals surface area contributed by atoms with E-state index < -0.39 is 18.2 Å². The number of rotatable bonds is 4. The second-order valence-electron chi connectivity index (χ2n) is 6.21. The average Bonchev–Trinajstić information content (AvgIpc) is 2.52. The molecule has 0 spiro atoms. The molecule has 0 heterocycles. The van der Waals surface area contributed by atoms with Crippen LogP contribution in [-0.2, 0) is 6.42 Å². The molecule has 25 heavy (non-hydrogen) atoms. The fourth-order valence-corrected chi connectivity index (χ4v) is 3.24. The van der Waals surface area contributed by atoms with Crippen LogP contribution in [0.4, 0.5) is 18.9 Å². The summed E-state index contributed by atoms with van der Waals surface area (Å²) >= 11 is 0. The number of hydrogen-bond donors (Lipinski definition) is 4. The minimum atomic E-state index is -4.57. The van der Waals surface area contributed by atoms with Crippen molar-refractivity contribution in [3.05, 3.63) is 46.2 Å². The van der Waals surface area contributed by atoms with Gasteiger partial charge in [-0.05, 0) is 47.8 Å². The number of phenols is 1. The molecule has 0 bridgehead atoms. The molecule has 6 N–H and O–H groups in total. The number of nitrogens with two attached hydrogens (primary N) is 2. The molecule has 0 radical (unpaired) electrons. The number of phenolic OH excluding ortho intramolecular Hbond substituents is 1. The molecule has 7 heteroatoms. The zero-order valence-corrected chi connectivity index (χ0v) is 14.2. The fourth-order valence-electron chi connectivity index (χ4n) is 3.24. The number of aryl methyl sites for hydroxylation is 1. The molecule has 0 fully saturated rings. The van der Waals surface area contributed by atoms with Gasteiger partial charge in [-0.3, -0.25) is 0 Å². The molecule has 1 aromatic carbocycles. The molecule has 0 aromatic heterocycles. The van der Waals surface area contributed by atoms with Crippen molar-refractivity contribution < 1.29 is 23.4 Å². The van der Waals surface area contributed by atoms with E-state index in [4.69, 9.17) is 11.5 Å². The molecule has 0 saturated heterocycles. The lowest BCUT2D eigenvalue weighted by Crippen LogP contribution is -2.29. The van der Waals surface area contributed by atoms with Crippen molar-refractivity contribution in [2.75, 3.05) is 5.73 Å². The van der Waals surface area contributed by atoms with E-state index in [1.54, 1.807) is 13.8 Å². The predicted octanol–water partition coefficient (Wildman–Crippen LogP) is 3.50. The van der Waals surface area contributed by atoms with Crippen LogP contribution >= 0.6 is 0 Å². The Labute approximate surface area is 144 Å². The summed E-state index contributed by atoms with van der Waals surface area (Å²) in [6, 6.07) is 2.46. The summed E-state index contributed by atoms with van der Waals surface area (Å²) in [5.41, 5.74) is 12.2. The summed E-state index contributed by atoms with van der Waals surface area (Å²) in [5, 5.41) is 19.6. The number of benzene rings is 1. The average molecular weight is 356 g/mol. The van der Waals surface area contributed by atoms with Crippen molar-refractivity contribution in [2.45, 2.75) is 51.3 Å². The molecule has 138 valence electrons. The highest BCUT2D eigenvalue weighted by Crippen LogP contribution is 2.47. The van der Waals surface area contributed by atoms with Gasteiger partial charge >= 0.3 is 6.18 Å². The first-order chi connectivity index (χ1) is 11.6. The van der Waals surface area contributed by atoms with Gasteiger partial charge in [-0.15, -0.1) is 0 Å². The first-order valence-corrected chi connectivity index (χ1v) is 8.15. The van der Waals surface area contributed by atoms with Crippen LogP contribution in [0.1, 0.15) is 43.7 Å². The maximum atomic E-state index is 14.0. The van der Waals surface area contributed by atoms with E-state index in [9.17, 15) is 23.4 Å². The molecule has 0 saturated carbocycles. The Balaban J connectivity index is 2.73. The fraction of sp³-hybridized carbons (Fsp3) is 0.444. The minimum absolute atomic E-state index is 0.00619. The normalized spacial score (nSPS) is 19.8. The van der Waals surface area contributed by atoms with E-state index in [2.05, 4.69) is 0 Å².